The third-order valence-corrected chi connectivity index (χ3v) is 6.08. The maximum atomic E-state index is 12.6. The highest BCUT2D eigenvalue weighted by Gasteiger charge is 2.38. The number of nitrogens with one attached hydrogen (secondary N) is 1. The van der Waals surface area contributed by atoms with E-state index in [0.717, 1.165) is 44.7 Å². The lowest BCUT2D eigenvalue weighted by Crippen LogP contribution is -2.50. The highest BCUT2D eigenvalue weighted by Crippen LogP contribution is 2.40. The highest BCUT2D eigenvalue weighted by atomic mass is 16.3. The van der Waals surface area contributed by atoms with Crippen molar-refractivity contribution in [2.75, 3.05) is 39.3 Å². The zero-order valence-corrected chi connectivity index (χ0v) is 17.2. The minimum atomic E-state index is -0.460. The van der Waals surface area contributed by atoms with Crippen molar-refractivity contribution in [1.29, 1.82) is 0 Å². The van der Waals surface area contributed by atoms with E-state index < -0.39 is 6.61 Å². The smallest absolute Gasteiger partial charge is 0.236 e. The number of Topliss-reactive ketones (excluding diaryl/α,β-unsaturated/α-hetero) is 1. The number of hydrogen-bond acceptors (Lipinski definition) is 5. The van der Waals surface area contributed by atoms with Gasteiger partial charge < -0.3 is 15.3 Å². The van der Waals surface area contributed by atoms with Crippen LogP contribution in [0.25, 0.3) is 0 Å². The van der Waals surface area contributed by atoms with Gasteiger partial charge in [0.05, 0.1) is 6.54 Å². The Morgan fingerprint density at radius 3 is 2.33 bits per heavy atom. The second-order valence-electron chi connectivity index (χ2n) is 8.18. The van der Waals surface area contributed by atoms with Crippen LogP contribution in [0, 0.1) is 0 Å². The van der Waals surface area contributed by atoms with Crippen molar-refractivity contribution >= 4 is 11.7 Å². The van der Waals surface area contributed by atoms with Crippen LogP contribution in [0.2, 0.25) is 0 Å². The van der Waals surface area contributed by atoms with Crippen LogP contribution in [0.15, 0.2) is 54.6 Å². The van der Waals surface area contributed by atoms with Gasteiger partial charge in [-0.25, -0.2) is 0 Å². The number of benzene rings is 2. The number of piperazine rings is 1. The summed E-state index contributed by atoms with van der Waals surface area (Å²) in [5, 5.41) is 12.4. The Morgan fingerprint density at radius 2 is 1.67 bits per heavy atom. The maximum Gasteiger partial charge on any atom is 0.236 e. The van der Waals surface area contributed by atoms with Gasteiger partial charge >= 0.3 is 0 Å². The van der Waals surface area contributed by atoms with E-state index >= 15 is 0 Å². The monoisotopic (exact) mass is 407 g/mol. The van der Waals surface area contributed by atoms with Crippen LogP contribution >= 0.6 is 0 Å². The lowest BCUT2D eigenvalue weighted by molar-refractivity contribution is -0.132. The number of carbonyl (C=O) groups excluding carboxylic acids is 2. The van der Waals surface area contributed by atoms with E-state index in [1.807, 2.05) is 23.1 Å². The fraction of sp³-hybridized carbons (Fsp3) is 0.417. The van der Waals surface area contributed by atoms with Gasteiger partial charge in [-0.1, -0.05) is 54.6 Å². The summed E-state index contributed by atoms with van der Waals surface area (Å²) in [4.78, 5) is 28.3. The number of ketones is 1. The third kappa shape index (κ3) is 5.14. The molecule has 0 aromatic heterocycles. The molecule has 2 aromatic carbocycles. The summed E-state index contributed by atoms with van der Waals surface area (Å²) in [5.41, 5.74) is 3.02. The van der Waals surface area contributed by atoms with Crippen molar-refractivity contribution in [2.24, 2.45) is 0 Å². The van der Waals surface area contributed by atoms with E-state index in [4.69, 9.17) is 5.11 Å². The first-order valence-corrected chi connectivity index (χ1v) is 10.7. The van der Waals surface area contributed by atoms with Crippen LogP contribution in [0.4, 0.5) is 0 Å². The van der Waals surface area contributed by atoms with Crippen LogP contribution in [0.1, 0.15) is 33.8 Å². The molecule has 1 saturated carbocycles. The Labute approximate surface area is 177 Å². The van der Waals surface area contributed by atoms with Crippen LogP contribution in [-0.2, 0) is 11.3 Å². The molecule has 1 aliphatic carbocycles. The van der Waals surface area contributed by atoms with Crippen molar-refractivity contribution in [2.45, 2.75) is 24.9 Å². The molecule has 2 N–H and O–H groups in total. The quantitative estimate of drug-likeness (QED) is 0.651. The molecule has 158 valence electrons. The van der Waals surface area contributed by atoms with Gasteiger partial charge in [-0.15, -0.1) is 0 Å². The molecule has 0 radical (unpaired) electrons. The molecular formula is C24H29N3O3. The van der Waals surface area contributed by atoms with E-state index in [1.165, 1.54) is 5.56 Å². The highest BCUT2D eigenvalue weighted by molar-refractivity contribution is 5.96. The number of nitrogens with zero attached hydrogens (tertiary/aromatic N) is 2. The van der Waals surface area contributed by atoms with Crippen LogP contribution in [0.5, 0.6) is 0 Å². The van der Waals surface area contributed by atoms with Crippen molar-refractivity contribution in [3.8, 4) is 0 Å². The van der Waals surface area contributed by atoms with E-state index in [1.54, 1.807) is 12.1 Å². The van der Waals surface area contributed by atoms with Gasteiger partial charge in [-0.3, -0.25) is 14.5 Å². The summed E-state index contributed by atoms with van der Waals surface area (Å²) in [7, 11) is 0. The third-order valence-electron chi connectivity index (χ3n) is 6.08. The van der Waals surface area contributed by atoms with Crippen LogP contribution < -0.4 is 5.32 Å². The number of aliphatic hydroxyl groups excluding tert-OH is 1. The molecule has 2 unspecified atom stereocenters. The Hall–Kier alpha value is -2.54. The Kier molecular flexibility index (Phi) is 6.57. The second-order valence-corrected chi connectivity index (χ2v) is 8.18. The zero-order chi connectivity index (χ0) is 20.9. The number of carbonyl (C=O) groups is 2. The second kappa shape index (κ2) is 9.51. The fourth-order valence-electron chi connectivity index (χ4n) is 4.12. The minimum absolute atomic E-state index is 0.181. The largest absolute Gasteiger partial charge is 0.388 e. The van der Waals surface area contributed by atoms with Gasteiger partial charge in [0.2, 0.25) is 5.91 Å². The van der Waals surface area contributed by atoms with Gasteiger partial charge in [0.25, 0.3) is 0 Å². The molecule has 2 fully saturated rings. The topological polar surface area (TPSA) is 72.9 Å². The van der Waals surface area contributed by atoms with Crippen LogP contribution in [0.3, 0.4) is 0 Å². The molecule has 4 rings (SSSR count). The summed E-state index contributed by atoms with van der Waals surface area (Å²) in [5.74, 6) is 0.457. The van der Waals surface area contributed by atoms with Crippen LogP contribution in [-0.4, -0.2) is 72.0 Å². The molecule has 1 amide bonds. The lowest BCUT2D eigenvalue weighted by atomic mass is 10.1. The average Bonchev–Trinajstić information content (AvgIpc) is 3.58. The summed E-state index contributed by atoms with van der Waals surface area (Å²) >= 11 is 0. The Morgan fingerprint density at radius 1 is 0.967 bits per heavy atom. The van der Waals surface area contributed by atoms with E-state index in [-0.39, 0.29) is 11.7 Å². The summed E-state index contributed by atoms with van der Waals surface area (Å²) in [6, 6.07) is 18.3. The van der Waals surface area contributed by atoms with Gasteiger partial charge in [0, 0.05) is 50.2 Å². The molecule has 0 spiro atoms. The van der Waals surface area contributed by atoms with Gasteiger partial charge in [-0.2, -0.15) is 0 Å². The zero-order valence-electron chi connectivity index (χ0n) is 17.2. The Bertz CT molecular complexity index is 861. The first-order chi connectivity index (χ1) is 14.6. The molecule has 30 heavy (non-hydrogen) atoms. The SMILES string of the molecule is O=C(CO)c1ccc(CN2CCN(C(=O)CNC3CC3c3ccccc3)CC2)cc1. The fourth-order valence-corrected chi connectivity index (χ4v) is 4.12. The number of amides is 1. The van der Waals surface area contributed by atoms with E-state index in [9.17, 15) is 9.59 Å². The van der Waals surface area contributed by atoms with Gasteiger partial charge in [0.15, 0.2) is 5.78 Å². The summed E-state index contributed by atoms with van der Waals surface area (Å²) in [6.07, 6.45) is 1.10. The molecule has 1 aliphatic heterocycles. The predicted molar refractivity (Wildman–Crippen MR) is 115 cm³/mol. The normalized spacial score (nSPS) is 21.4. The molecule has 1 heterocycles. The van der Waals surface area contributed by atoms with Crippen molar-refractivity contribution in [3.05, 3.63) is 71.3 Å². The first-order valence-electron chi connectivity index (χ1n) is 10.7. The maximum absolute atomic E-state index is 12.6. The molecule has 2 aromatic rings. The molecule has 0 bridgehead atoms. The van der Waals surface area contributed by atoms with Crippen molar-refractivity contribution in [1.82, 2.24) is 15.1 Å². The lowest BCUT2D eigenvalue weighted by Gasteiger charge is -2.35. The van der Waals surface area contributed by atoms with Crippen molar-refractivity contribution < 1.29 is 14.7 Å². The summed E-state index contributed by atoms with van der Waals surface area (Å²) < 4.78 is 0. The molecular weight excluding hydrogens is 378 g/mol. The Balaban J connectivity index is 1.17. The summed E-state index contributed by atoms with van der Waals surface area (Å²) in [6.45, 7) is 3.93. The van der Waals surface area contributed by atoms with Crippen molar-refractivity contribution in [3.63, 3.8) is 0 Å². The molecule has 2 aliphatic rings. The molecule has 6 heteroatoms. The minimum Gasteiger partial charge on any atom is -0.388 e. The average molecular weight is 408 g/mol. The molecule has 1 saturated heterocycles. The van der Waals surface area contributed by atoms with E-state index in [0.29, 0.717) is 24.1 Å². The predicted octanol–water partition coefficient (Wildman–Crippen LogP) is 1.65. The standard InChI is InChI=1S/C24H29N3O3/c28-17-23(29)20-8-6-18(7-9-20)16-26-10-12-27(13-11-26)24(30)15-25-22-14-21(22)19-4-2-1-3-5-19/h1-9,21-22,25,28H,10-17H2. The first kappa shape index (κ1) is 20.7. The number of hydrogen-bond donors (Lipinski definition) is 2. The number of aliphatic hydroxyl groups is 1. The molecule has 2 atom stereocenters. The van der Waals surface area contributed by atoms with E-state index in [2.05, 4.69) is 34.5 Å². The number of rotatable bonds is 8. The van der Waals surface area contributed by atoms with Gasteiger partial charge in [-0.05, 0) is 17.5 Å². The van der Waals surface area contributed by atoms with Gasteiger partial charge in [0.1, 0.15) is 6.61 Å². The molecule has 6 nitrogen and oxygen atoms in total.